The zero-order valence-electron chi connectivity index (χ0n) is 10.8. The lowest BCUT2D eigenvalue weighted by molar-refractivity contribution is 0.802. The highest BCUT2D eigenvalue weighted by Gasteiger charge is 2.03. The first-order valence-electron chi connectivity index (χ1n) is 6.03. The SMILES string of the molecule is CNCc1cnccc1Cc1ccc(SC)cc1. The molecule has 0 aliphatic rings. The third kappa shape index (κ3) is 3.34. The highest BCUT2D eigenvalue weighted by atomic mass is 32.2. The van der Waals surface area contributed by atoms with Crippen molar-refractivity contribution in [3.8, 4) is 0 Å². The number of nitrogens with one attached hydrogen (secondary N) is 1. The third-order valence-corrected chi connectivity index (χ3v) is 3.67. The van der Waals surface area contributed by atoms with Crippen LogP contribution in [0.2, 0.25) is 0 Å². The van der Waals surface area contributed by atoms with E-state index in [9.17, 15) is 0 Å². The van der Waals surface area contributed by atoms with E-state index < -0.39 is 0 Å². The Balaban J connectivity index is 2.17. The maximum atomic E-state index is 4.19. The zero-order chi connectivity index (χ0) is 12.8. The molecule has 0 spiro atoms. The lowest BCUT2D eigenvalue weighted by Crippen LogP contribution is -2.08. The van der Waals surface area contributed by atoms with Crippen LogP contribution in [0.3, 0.4) is 0 Å². The average Bonchev–Trinajstić information content (AvgIpc) is 2.42. The van der Waals surface area contributed by atoms with Gasteiger partial charge in [-0.05, 0) is 54.6 Å². The fraction of sp³-hybridized carbons (Fsp3) is 0.267. The molecule has 0 bridgehead atoms. The molecule has 94 valence electrons. The van der Waals surface area contributed by atoms with Crippen LogP contribution >= 0.6 is 11.8 Å². The van der Waals surface area contributed by atoms with E-state index in [1.165, 1.54) is 21.6 Å². The van der Waals surface area contributed by atoms with Crippen LogP contribution in [0.4, 0.5) is 0 Å². The first-order valence-corrected chi connectivity index (χ1v) is 7.25. The van der Waals surface area contributed by atoms with Gasteiger partial charge in [-0.15, -0.1) is 11.8 Å². The van der Waals surface area contributed by atoms with Crippen LogP contribution in [0.5, 0.6) is 0 Å². The van der Waals surface area contributed by atoms with Gasteiger partial charge in [0.1, 0.15) is 0 Å². The van der Waals surface area contributed by atoms with E-state index in [1.807, 2.05) is 19.4 Å². The summed E-state index contributed by atoms with van der Waals surface area (Å²) in [6, 6.07) is 10.9. The Bertz CT molecular complexity index is 494. The topological polar surface area (TPSA) is 24.9 Å². The molecule has 2 nitrogen and oxygen atoms in total. The second-order valence-corrected chi connectivity index (χ2v) is 5.08. The standard InChI is InChI=1S/C15H18N2S/c1-16-10-14-11-17-8-7-13(14)9-12-3-5-15(18-2)6-4-12/h3-8,11,16H,9-10H2,1-2H3. The van der Waals surface area contributed by atoms with E-state index in [4.69, 9.17) is 0 Å². The summed E-state index contributed by atoms with van der Waals surface area (Å²) < 4.78 is 0. The molecule has 0 radical (unpaired) electrons. The molecule has 0 fully saturated rings. The molecule has 1 N–H and O–H groups in total. The maximum Gasteiger partial charge on any atom is 0.0315 e. The quantitative estimate of drug-likeness (QED) is 0.834. The molecule has 18 heavy (non-hydrogen) atoms. The minimum atomic E-state index is 0.867. The molecule has 0 aliphatic heterocycles. The molecule has 2 aromatic rings. The van der Waals surface area contributed by atoms with Crippen LogP contribution in [-0.4, -0.2) is 18.3 Å². The Morgan fingerprint density at radius 1 is 1.11 bits per heavy atom. The van der Waals surface area contributed by atoms with Gasteiger partial charge >= 0.3 is 0 Å². The third-order valence-electron chi connectivity index (χ3n) is 2.93. The summed E-state index contributed by atoms with van der Waals surface area (Å²) in [5.41, 5.74) is 3.96. The second-order valence-electron chi connectivity index (χ2n) is 4.20. The Morgan fingerprint density at radius 3 is 2.56 bits per heavy atom. The van der Waals surface area contributed by atoms with Crippen molar-refractivity contribution in [2.24, 2.45) is 0 Å². The largest absolute Gasteiger partial charge is 0.316 e. The van der Waals surface area contributed by atoms with Crippen LogP contribution in [-0.2, 0) is 13.0 Å². The Kier molecular flexibility index (Phi) is 4.79. The molecule has 2 rings (SSSR count). The van der Waals surface area contributed by atoms with E-state index in [1.54, 1.807) is 11.8 Å². The van der Waals surface area contributed by atoms with Crippen molar-refractivity contribution < 1.29 is 0 Å². The monoisotopic (exact) mass is 258 g/mol. The van der Waals surface area contributed by atoms with Gasteiger partial charge in [0.15, 0.2) is 0 Å². The zero-order valence-corrected chi connectivity index (χ0v) is 11.6. The van der Waals surface area contributed by atoms with Gasteiger partial charge in [0.2, 0.25) is 0 Å². The van der Waals surface area contributed by atoms with Crippen LogP contribution in [0.25, 0.3) is 0 Å². The fourth-order valence-corrected chi connectivity index (χ4v) is 2.35. The summed E-state index contributed by atoms with van der Waals surface area (Å²) >= 11 is 1.78. The summed E-state index contributed by atoms with van der Waals surface area (Å²) in [5, 5.41) is 3.19. The summed E-state index contributed by atoms with van der Waals surface area (Å²) in [5.74, 6) is 0. The van der Waals surface area contributed by atoms with Crippen LogP contribution in [0, 0.1) is 0 Å². The van der Waals surface area contributed by atoms with E-state index in [0.29, 0.717) is 0 Å². The molecule has 0 amide bonds. The van der Waals surface area contributed by atoms with Crippen molar-refractivity contribution in [2.45, 2.75) is 17.9 Å². The van der Waals surface area contributed by atoms with Crippen molar-refractivity contribution in [3.05, 3.63) is 59.4 Å². The van der Waals surface area contributed by atoms with Crippen molar-refractivity contribution >= 4 is 11.8 Å². The van der Waals surface area contributed by atoms with Gasteiger partial charge in [0, 0.05) is 23.8 Å². The highest BCUT2D eigenvalue weighted by Crippen LogP contribution is 2.18. The predicted octanol–water partition coefficient (Wildman–Crippen LogP) is 3.11. The highest BCUT2D eigenvalue weighted by molar-refractivity contribution is 7.98. The fourth-order valence-electron chi connectivity index (χ4n) is 1.94. The van der Waals surface area contributed by atoms with Gasteiger partial charge in [-0.1, -0.05) is 12.1 Å². The Morgan fingerprint density at radius 2 is 1.89 bits per heavy atom. The number of aromatic nitrogens is 1. The summed E-state index contributed by atoms with van der Waals surface area (Å²) in [4.78, 5) is 5.50. The molecule has 0 unspecified atom stereocenters. The van der Waals surface area contributed by atoms with Crippen molar-refractivity contribution in [1.29, 1.82) is 0 Å². The van der Waals surface area contributed by atoms with E-state index >= 15 is 0 Å². The van der Waals surface area contributed by atoms with Crippen LogP contribution in [0.15, 0.2) is 47.6 Å². The minimum Gasteiger partial charge on any atom is -0.316 e. The average molecular weight is 258 g/mol. The van der Waals surface area contributed by atoms with Gasteiger partial charge < -0.3 is 5.32 Å². The molecule has 1 heterocycles. The number of nitrogens with zero attached hydrogens (tertiary/aromatic N) is 1. The number of benzene rings is 1. The smallest absolute Gasteiger partial charge is 0.0315 e. The molecule has 0 atom stereocenters. The van der Waals surface area contributed by atoms with Gasteiger partial charge in [0.05, 0.1) is 0 Å². The normalized spacial score (nSPS) is 10.6. The summed E-state index contributed by atoms with van der Waals surface area (Å²) in [6.07, 6.45) is 6.88. The molecule has 1 aromatic heterocycles. The number of rotatable bonds is 5. The molecule has 3 heteroatoms. The van der Waals surface area contributed by atoms with Gasteiger partial charge in [-0.25, -0.2) is 0 Å². The number of hydrogen-bond donors (Lipinski definition) is 1. The number of hydrogen-bond acceptors (Lipinski definition) is 3. The first-order chi connectivity index (χ1) is 8.83. The lowest BCUT2D eigenvalue weighted by atomic mass is 10.0. The van der Waals surface area contributed by atoms with Crippen molar-refractivity contribution in [1.82, 2.24) is 10.3 Å². The van der Waals surface area contributed by atoms with Gasteiger partial charge in [0.25, 0.3) is 0 Å². The van der Waals surface area contributed by atoms with E-state index in [2.05, 4.69) is 46.9 Å². The summed E-state index contributed by atoms with van der Waals surface area (Å²) in [7, 11) is 1.96. The number of pyridine rings is 1. The van der Waals surface area contributed by atoms with Gasteiger partial charge in [-0.3, -0.25) is 4.98 Å². The summed E-state index contributed by atoms with van der Waals surface area (Å²) in [6.45, 7) is 0.867. The maximum absolute atomic E-state index is 4.19. The van der Waals surface area contributed by atoms with Crippen molar-refractivity contribution in [3.63, 3.8) is 0 Å². The van der Waals surface area contributed by atoms with Crippen LogP contribution in [0.1, 0.15) is 16.7 Å². The molecule has 0 saturated heterocycles. The molecular weight excluding hydrogens is 240 g/mol. The lowest BCUT2D eigenvalue weighted by Gasteiger charge is -2.09. The predicted molar refractivity (Wildman–Crippen MR) is 78.0 cm³/mol. The second kappa shape index (κ2) is 6.57. The Hall–Kier alpha value is -1.32. The number of thioether (sulfide) groups is 1. The molecule has 1 aromatic carbocycles. The van der Waals surface area contributed by atoms with Crippen LogP contribution < -0.4 is 5.32 Å². The Labute approximate surface area is 113 Å². The van der Waals surface area contributed by atoms with E-state index in [-0.39, 0.29) is 0 Å². The molecule has 0 saturated carbocycles. The molecule has 0 aliphatic carbocycles. The van der Waals surface area contributed by atoms with E-state index in [0.717, 1.165) is 13.0 Å². The first kappa shape index (κ1) is 13.1. The van der Waals surface area contributed by atoms with Crippen molar-refractivity contribution in [2.75, 3.05) is 13.3 Å². The van der Waals surface area contributed by atoms with Gasteiger partial charge in [-0.2, -0.15) is 0 Å². The minimum absolute atomic E-state index is 0.867. The molecular formula is C15H18N2S.